The Morgan fingerprint density at radius 3 is 2.14 bits per heavy atom. The molecule has 0 radical (unpaired) electrons. The van der Waals surface area contributed by atoms with Gasteiger partial charge in [-0.25, -0.2) is 0 Å². The highest BCUT2D eigenvalue weighted by atomic mass is 16.5. The van der Waals surface area contributed by atoms with Crippen molar-refractivity contribution in [3.8, 4) is 5.75 Å². The highest BCUT2D eigenvalue weighted by Crippen LogP contribution is 2.36. The summed E-state index contributed by atoms with van der Waals surface area (Å²) in [6, 6.07) is 12.8. The molecule has 0 saturated carbocycles. The predicted molar refractivity (Wildman–Crippen MR) is 124 cm³/mol. The molecule has 0 fully saturated rings. The molecule has 0 N–H and O–H groups in total. The lowest BCUT2D eigenvalue weighted by molar-refractivity contribution is -0.0987. The number of carbonyl (C=O) groups excluding carboxylic acids is 2. The van der Waals surface area contributed by atoms with E-state index in [2.05, 4.69) is 76.4 Å². The number of fused-ring (bicyclic) bond motifs is 1. The van der Waals surface area contributed by atoms with Crippen LogP contribution in [0.3, 0.4) is 0 Å². The third-order valence-electron chi connectivity index (χ3n) is 4.21. The van der Waals surface area contributed by atoms with Crippen LogP contribution in [0.4, 0.5) is 5.69 Å². The van der Waals surface area contributed by atoms with Gasteiger partial charge in [0.2, 0.25) is 0 Å². The maximum atomic E-state index is 8.00. The fraction of sp³-hybridized carbons (Fsp3) is 0.360. The second kappa shape index (κ2) is 13.3. The number of methoxy groups -OCH3 is 1. The molecule has 2 aromatic rings. The molecule has 158 valence electrons. The quantitative estimate of drug-likeness (QED) is 0.672. The van der Waals surface area contributed by atoms with E-state index in [1.54, 1.807) is 7.11 Å². The Bertz CT molecular complexity index is 779. The van der Waals surface area contributed by atoms with E-state index in [1.165, 1.54) is 27.9 Å². The number of hydrogen-bond acceptors (Lipinski definition) is 4. The first-order chi connectivity index (χ1) is 13.8. The van der Waals surface area contributed by atoms with E-state index in [-0.39, 0.29) is 0 Å². The summed E-state index contributed by atoms with van der Waals surface area (Å²) in [6.07, 6.45) is 1.04. The van der Waals surface area contributed by atoms with Gasteiger partial charge < -0.3 is 19.2 Å². The van der Waals surface area contributed by atoms with Crippen molar-refractivity contribution in [2.45, 2.75) is 41.0 Å². The highest BCUT2D eigenvalue weighted by molar-refractivity contribution is 5.82. The van der Waals surface area contributed by atoms with E-state index in [4.69, 9.17) is 14.3 Å². The van der Waals surface area contributed by atoms with E-state index >= 15 is 0 Å². The van der Waals surface area contributed by atoms with Crippen molar-refractivity contribution in [3.05, 3.63) is 65.2 Å². The molecule has 0 aromatic heterocycles. The van der Waals surface area contributed by atoms with Gasteiger partial charge in [-0.1, -0.05) is 45.0 Å². The second-order valence-corrected chi connectivity index (χ2v) is 7.39. The average Bonchev–Trinajstić information content (AvgIpc) is 3.15. The topological polar surface area (TPSA) is 46.6 Å². The molecule has 0 saturated heterocycles. The van der Waals surface area contributed by atoms with Gasteiger partial charge in [-0.05, 0) is 61.6 Å². The van der Waals surface area contributed by atoms with Crippen LogP contribution in [-0.4, -0.2) is 27.2 Å². The Morgan fingerprint density at radius 2 is 1.59 bits per heavy atom. The average molecular weight is 398 g/mol. The van der Waals surface area contributed by atoms with Gasteiger partial charge in [0.05, 0.1) is 7.11 Å². The van der Waals surface area contributed by atoms with Crippen LogP contribution in [0.2, 0.25) is 0 Å². The van der Waals surface area contributed by atoms with Gasteiger partial charge in [-0.3, -0.25) is 0 Å². The number of hydrogen-bond donors (Lipinski definition) is 0. The zero-order valence-electron chi connectivity index (χ0n) is 18.7. The molecule has 4 nitrogen and oxygen atoms in total. The van der Waals surface area contributed by atoms with Gasteiger partial charge in [-0.2, -0.15) is 0 Å². The summed E-state index contributed by atoms with van der Waals surface area (Å²) in [5, 5.41) is 0. The molecule has 4 heteroatoms. The van der Waals surface area contributed by atoms with Crippen LogP contribution >= 0.6 is 0 Å². The Hall–Kier alpha value is -2.88. The molecule has 29 heavy (non-hydrogen) atoms. The maximum absolute atomic E-state index is 8.00. The number of benzene rings is 2. The summed E-state index contributed by atoms with van der Waals surface area (Å²) in [4.78, 5) is 18.3. The summed E-state index contributed by atoms with van der Waals surface area (Å²) in [5.41, 5.74) is 7.44. The first-order valence-corrected chi connectivity index (χ1v) is 9.62. The summed E-state index contributed by atoms with van der Waals surface area (Å²) < 4.78 is 5.31. The Kier molecular flexibility index (Phi) is 12.0. The molecule has 0 aliphatic carbocycles. The minimum Gasteiger partial charge on any atom is -0.497 e. The highest BCUT2D eigenvalue weighted by Gasteiger charge is 2.23. The third-order valence-corrected chi connectivity index (χ3v) is 4.21. The number of nitrogens with zero attached hydrogens (tertiary/aromatic N) is 1. The first-order valence-electron chi connectivity index (χ1n) is 9.62. The minimum absolute atomic E-state index is 0.833. The summed E-state index contributed by atoms with van der Waals surface area (Å²) >= 11 is 0. The number of anilines is 1. The minimum atomic E-state index is 0.833. The van der Waals surface area contributed by atoms with Gasteiger partial charge in [-0.15, -0.1) is 0 Å². The van der Waals surface area contributed by atoms with Gasteiger partial charge >= 0.3 is 0 Å². The molecule has 0 atom stereocenters. The third kappa shape index (κ3) is 7.57. The molecule has 1 heterocycles. The molecule has 2 aromatic carbocycles. The van der Waals surface area contributed by atoms with Crippen LogP contribution in [0.15, 0.2) is 43.0 Å². The van der Waals surface area contributed by atoms with Crippen molar-refractivity contribution >= 4 is 25.0 Å². The van der Waals surface area contributed by atoms with E-state index in [1.807, 2.05) is 19.6 Å². The number of carbonyl (C=O) groups is 2. The largest absolute Gasteiger partial charge is 0.497 e. The molecule has 0 unspecified atom stereocenters. The lowest BCUT2D eigenvalue weighted by atomic mass is 10.0. The van der Waals surface area contributed by atoms with E-state index < -0.39 is 0 Å². The monoisotopic (exact) mass is 397 g/mol. The van der Waals surface area contributed by atoms with Crippen LogP contribution in [0.5, 0.6) is 5.75 Å². The molecular formula is C25H35NO3. The van der Waals surface area contributed by atoms with Crippen molar-refractivity contribution in [1.82, 2.24) is 0 Å². The number of aryl methyl sites for hydroxylation is 2. The van der Waals surface area contributed by atoms with Crippen molar-refractivity contribution < 1.29 is 14.3 Å². The normalized spacial score (nSPS) is 11.1. The SMILES string of the molecule is C=C(c1cc(C)ccc1C)N1CCc2cc(OC)ccc21.C=O.C=O.CC(C)C. The van der Waals surface area contributed by atoms with E-state index in [0.29, 0.717) is 0 Å². The summed E-state index contributed by atoms with van der Waals surface area (Å²) in [7, 11) is 1.71. The smallest absolute Gasteiger partial charge is 0.119 e. The second-order valence-electron chi connectivity index (χ2n) is 7.39. The van der Waals surface area contributed by atoms with Crippen LogP contribution in [0.1, 0.15) is 43.0 Å². The molecule has 3 rings (SSSR count). The van der Waals surface area contributed by atoms with Crippen LogP contribution in [-0.2, 0) is 16.0 Å². The Morgan fingerprint density at radius 1 is 1.00 bits per heavy atom. The number of rotatable bonds is 3. The van der Waals surface area contributed by atoms with Gasteiger partial charge in [0.15, 0.2) is 0 Å². The predicted octanol–water partition coefficient (Wildman–Crippen LogP) is 5.64. The van der Waals surface area contributed by atoms with E-state index in [0.717, 1.165) is 30.3 Å². The van der Waals surface area contributed by atoms with Gasteiger partial charge in [0.25, 0.3) is 0 Å². The standard InChI is InChI=1S/C19H21NO.C4H10.2CH2O/c1-13-5-6-14(2)18(11-13)15(3)20-10-9-16-12-17(21-4)7-8-19(16)20;1-4(2)3;2*1-2/h5-8,11-12H,3,9-10H2,1-2,4H3;4H,1-3H3;2*1H2. The summed E-state index contributed by atoms with van der Waals surface area (Å²) in [5.74, 6) is 1.76. The van der Waals surface area contributed by atoms with Gasteiger partial charge in [0.1, 0.15) is 19.3 Å². The van der Waals surface area contributed by atoms with Gasteiger partial charge in [0, 0.05) is 23.5 Å². The lowest BCUT2D eigenvalue weighted by Gasteiger charge is -2.24. The van der Waals surface area contributed by atoms with E-state index in [9.17, 15) is 0 Å². The number of ether oxygens (including phenoxy) is 1. The fourth-order valence-electron chi connectivity index (χ4n) is 2.98. The molecule has 1 aliphatic heterocycles. The Labute approximate surface area is 176 Å². The van der Waals surface area contributed by atoms with Crippen molar-refractivity contribution in [2.75, 3.05) is 18.6 Å². The van der Waals surface area contributed by atoms with Crippen LogP contribution in [0, 0.1) is 19.8 Å². The van der Waals surface area contributed by atoms with Crippen LogP contribution in [0.25, 0.3) is 5.70 Å². The first kappa shape index (κ1) is 26.1. The molecular weight excluding hydrogens is 362 g/mol. The van der Waals surface area contributed by atoms with Crippen LogP contribution < -0.4 is 9.64 Å². The molecule has 1 aliphatic rings. The Balaban J connectivity index is 0.000000859. The molecule has 0 bridgehead atoms. The van der Waals surface area contributed by atoms with Crippen molar-refractivity contribution in [3.63, 3.8) is 0 Å². The molecule has 0 spiro atoms. The maximum Gasteiger partial charge on any atom is 0.119 e. The zero-order valence-corrected chi connectivity index (χ0v) is 18.7. The fourth-order valence-corrected chi connectivity index (χ4v) is 2.98. The zero-order chi connectivity index (χ0) is 22.6. The molecule has 0 amide bonds. The summed E-state index contributed by atoms with van der Waals surface area (Å²) in [6.45, 7) is 20.1. The van der Waals surface area contributed by atoms with Crippen molar-refractivity contribution in [1.29, 1.82) is 0 Å². The lowest BCUT2D eigenvalue weighted by Crippen LogP contribution is -2.18. The van der Waals surface area contributed by atoms with Crippen molar-refractivity contribution in [2.24, 2.45) is 5.92 Å².